The van der Waals surface area contributed by atoms with Gasteiger partial charge < -0.3 is 14.2 Å². The summed E-state index contributed by atoms with van der Waals surface area (Å²) in [7, 11) is 3.01. The molecule has 1 amide bonds. The molecule has 2 aromatic heterocycles. The standard InChI is InChI=1S/C22H18FN3O4S2/c1-28-18-6-4-14(23)8-16(18)17-11-32-22(25-17)26-21(27)13-3-5-19(20(7-13)29-2)30-9-15-10-31-12-24-15/h3-8,10-12H,9H2,1-2H3,(H,25,26,27). The van der Waals surface area contributed by atoms with Crippen molar-refractivity contribution in [1.82, 2.24) is 9.97 Å². The van der Waals surface area contributed by atoms with Gasteiger partial charge in [-0.25, -0.2) is 14.4 Å². The number of hydrogen-bond acceptors (Lipinski definition) is 8. The number of thiazole rings is 2. The van der Waals surface area contributed by atoms with Gasteiger partial charge in [0.1, 0.15) is 18.2 Å². The van der Waals surface area contributed by atoms with Crippen LogP contribution in [0.3, 0.4) is 0 Å². The lowest BCUT2D eigenvalue weighted by molar-refractivity contribution is 0.102. The molecule has 0 radical (unpaired) electrons. The van der Waals surface area contributed by atoms with Gasteiger partial charge in [-0.3, -0.25) is 10.1 Å². The normalized spacial score (nSPS) is 10.6. The molecule has 0 spiro atoms. The van der Waals surface area contributed by atoms with E-state index in [0.29, 0.717) is 45.8 Å². The van der Waals surface area contributed by atoms with E-state index in [1.807, 2.05) is 5.38 Å². The van der Waals surface area contributed by atoms with Gasteiger partial charge in [0.2, 0.25) is 0 Å². The molecule has 0 unspecified atom stereocenters. The number of carbonyl (C=O) groups excluding carboxylic acids is 1. The second-order valence-electron chi connectivity index (χ2n) is 6.47. The number of benzene rings is 2. The molecule has 0 atom stereocenters. The van der Waals surface area contributed by atoms with Gasteiger partial charge in [-0.2, -0.15) is 0 Å². The molecular weight excluding hydrogens is 453 g/mol. The molecule has 0 fully saturated rings. The average Bonchev–Trinajstić information content (AvgIpc) is 3.49. The minimum Gasteiger partial charge on any atom is -0.496 e. The smallest absolute Gasteiger partial charge is 0.257 e. The maximum absolute atomic E-state index is 13.7. The molecule has 1 N–H and O–H groups in total. The molecule has 32 heavy (non-hydrogen) atoms. The molecule has 2 aromatic carbocycles. The predicted octanol–water partition coefficient (Wildman–Crippen LogP) is 5.25. The van der Waals surface area contributed by atoms with Crippen molar-refractivity contribution in [2.45, 2.75) is 6.61 Å². The van der Waals surface area contributed by atoms with Gasteiger partial charge in [-0.05, 0) is 36.4 Å². The quantitative estimate of drug-likeness (QED) is 0.378. The van der Waals surface area contributed by atoms with Gasteiger partial charge in [-0.1, -0.05) is 0 Å². The lowest BCUT2D eigenvalue weighted by atomic mass is 10.1. The summed E-state index contributed by atoms with van der Waals surface area (Å²) in [5.41, 5.74) is 3.94. The van der Waals surface area contributed by atoms with E-state index in [9.17, 15) is 9.18 Å². The van der Waals surface area contributed by atoms with Crippen LogP contribution in [0.15, 0.2) is 52.7 Å². The Labute approximate surface area is 191 Å². The van der Waals surface area contributed by atoms with Crippen molar-refractivity contribution in [2.75, 3.05) is 19.5 Å². The first-order valence-corrected chi connectivity index (χ1v) is 11.2. The summed E-state index contributed by atoms with van der Waals surface area (Å²) in [6.45, 7) is 0.302. The zero-order valence-electron chi connectivity index (χ0n) is 17.1. The Bertz CT molecular complexity index is 1230. The van der Waals surface area contributed by atoms with Crippen LogP contribution in [0.25, 0.3) is 11.3 Å². The molecule has 7 nitrogen and oxygen atoms in total. The summed E-state index contributed by atoms with van der Waals surface area (Å²) in [6.07, 6.45) is 0. The van der Waals surface area contributed by atoms with Gasteiger partial charge in [0.05, 0.1) is 31.1 Å². The minimum absolute atomic E-state index is 0.302. The van der Waals surface area contributed by atoms with Crippen molar-refractivity contribution in [3.63, 3.8) is 0 Å². The monoisotopic (exact) mass is 471 g/mol. The third-order valence-electron chi connectivity index (χ3n) is 4.45. The van der Waals surface area contributed by atoms with Crippen LogP contribution in [0.1, 0.15) is 16.1 Å². The Balaban J connectivity index is 1.48. The summed E-state index contributed by atoms with van der Waals surface area (Å²) in [6, 6.07) is 9.09. The number of amides is 1. The van der Waals surface area contributed by atoms with Crippen LogP contribution in [0, 0.1) is 5.82 Å². The van der Waals surface area contributed by atoms with Crippen LogP contribution in [0.5, 0.6) is 17.2 Å². The van der Waals surface area contributed by atoms with Gasteiger partial charge >= 0.3 is 0 Å². The first-order valence-electron chi connectivity index (χ1n) is 9.36. The molecule has 4 rings (SSSR count). The van der Waals surface area contributed by atoms with E-state index in [1.54, 1.807) is 29.1 Å². The average molecular weight is 472 g/mol. The fraction of sp³-hybridized carbons (Fsp3) is 0.136. The molecule has 2 heterocycles. The second kappa shape index (κ2) is 9.75. The third-order valence-corrected chi connectivity index (χ3v) is 5.84. The van der Waals surface area contributed by atoms with Gasteiger partial charge in [0, 0.05) is 21.9 Å². The summed E-state index contributed by atoms with van der Waals surface area (Å²) < 4.78 is 30.1. The first kappa shape index (κ1) is 21.7. The van der Waals surface area contributed by atoms with E-state index in [1.165, 1.54) is 55.1 Å². The molecule has 164 valence electrons. The largest absolute Gasteiger partial charge is 0.496 e. The number of carbonyl (C=O) groups is 1. The lowest BCUT2D eigenvalue weighted by Gasteiger charge is -2.11. The minimum atomic E-state index is -0.399. The number of nitrogens with zero attached hydrogens (tertiary/aromatic N) is 2. The topological polar surface area (TPSA) is 82.6 Å². The fourth-order valence-electron chi connectivity index (χ4n) is 2.89. The van der Waals surface area contributed by atoms with Crippen LogP contribution < -0.4 is 19.5 Å². The molecule has 0 saturated carbocycles. The number of methoxy groups -OCH3 is 2. The number of hydrogen-bond donors (Lipinski definition) is 1. The van der Waals surface area contributed by atoms with E-state index >= 15 is 0 Å². The van der Waals surface area contributed by atoms with Crippen molar-refractivity contribution >= 4 is 33.7 Å². The molecular formula is C22H18FN3O4S2. The van der Waals surface area contributed by atoms with E-state index in [-0.39, 0.29) is 5.91 Å². The zero-order chi connectivity index (χ0) is 22.5. The van der Waals surface area contributed by atoms with Gasteiger partial charge in [-0.15, -0.1) is 22.7 Å². The summed E-state index contributed by atoms with van der Waals surface area (Å²) >= 11 is 2.72. The maximum Gasteiger partial charge on any atom is 0.257 e. The highest BCUT2D eigenvalue weighted by Gasteiger charge is 2.15. The number of ether oxygens (including phenoxy) is 3. The van der Waals surface area contributed by atoms with Crippen LogP contribution in [-0.2, 0) is 6.61 Å². The van der Waals surface area contributed by atoms with E-state index in [4.69, 9.17) is 14.2 Å². The van der Waals surface area contributed by atoms with Crippen LogP contribution in [0.4, 0.5) is 9.52 Å². The molecule has 0 saturated heterocycles. The first-order chi connectivity index (χ1) is 15.6. The van der Waals surface area contributed by atoms with Crippen LogP contribution >= 0.6 is 22.7 Å². The summed E-state index contributed by atoms with van der Waals surface area (Å²) in [5.74, 6) is 0.668. The molecule has 4 aromatic rings. The highest BCUT2D eigenvalue weighted by molar-refractivity contribution is 7.14. The molecule has 0 aliphatic carbocycles. The van der Waals surface area contributed by atoms with Crippen molar-refractivity contribution in [1.29, 1.82) is 0 Å². The van der Waals surface area contributed by atoms with Gasteiger partial charge in [0.15, 0.2) is 16.6 Å². The highest BCUT2D eigenvalue weighted by Crippen LogP contribution is 2.33. The Hall–Kier alpha value is -3.50. The Morgan fingerprint density at radius 2 is 1.88 bits per heavy atom. The van der Waals surface area contributed by atoms with Crippen molar-refractivity contribution in [3.8, 4) is 28.5 Å². The number of rotatable bonds is 8. The summed E-state index contributed by atoms with van der Waals surface area (Å²) in [4.78, 5) is 21.3. The van der Waals surface area contributed by atoms with Crippen molar-refractivity contribution in [3.05, 3.63) is 69.7 Å². The Morgan fingerprint density at radius 1 is 1.06 bits per heavy atom. The second-order valence-corrected chi connectivity index (χ2v) is 8.05. The molecule has 0 aliphatic rings. The van der Waals surface area contributed by atoms with Crippen molar-refractivity contribution in [2.24, 2.45) is 0 Å². The number of aromatic nitrogens is 2. The van der Waals surface area contributed by atoms with E-state index in [0.717, 1.165) is 5.69 Å². The SMILES string of the molecule is COc1cc(C(=O)Nc2nc(-c3cc(F)ccc3OC)cs2)ccc1OCc1cscn1. The molecule has 0 bridgehead atoms. The number of nitrogens with one attached hydrogen (secondary N) is 1. The van der Waals surface area contributed by atoms with E-state index < -0.39 is 5.82 Å². The lowest BCUT2D eigenvalue weighted by Crippen LogP contribution is -2.12. The van der Waals surface area contributed by atoms with E-state index in [2.05, 4.69) is 15.3 Å². The highest BCUT2D eigenvalue weighted by atomic mass is 32.1. The fourth-order valence-corrected chi connectivity index (χ4v) is 4.14. The van der Waals surface area contributed by atoms with Gasteiger partial charge in [0.25, 0.3) is 5.91 Å². The Morgan fingerprint density at radius 3 is 2.62 bits per heavy atom. The van der Waals surface area contributed by atoms with Crippen molar-refractivity contribution < 1.29 is 23.4 Å². The summed E-state index contributed by atoms with van der Waals surface area (Å²) in [5, 5.41) is 6.75. The predicted molar refractivity (Wildman–Crippen MR) is 121 cm³/mol. The Kier molecular flexibility index (Phi) is 6.62. The van der Waals surface area contributed by atoms with Crippen LogP contribution in [0.2, 0.25) is 0 Å². The molecule has 10 heteroatoms. The van der Waals surface area contributed by atoms with Crippen LogP contribution in [-0.4, -0.2) is 30.1 Å². The number of halogens is 1. The zero-order valence-corrected chi connectivity index (χ0v) is 18.8. The third kappa shape index (κ3) is 4.87. The molecule has 0 aliphatic heterocycles. The maximum atomic E-state index is 13.7. The number of anilines is 1.